The van der Waals surface area contributed by atoms with Crippen LogP contribution in [0.1, 0.15) is 40.2 Å². The van der Waals surface area contributed by atoms with Crippen molar-refractivity contribution in [3.05, 3.63) is 65.2 Å². The van der Waals surface area contributed by atoms with Gasteiger partial charge in [0.15, 0.2) is 0 Å². The van der Waals surface area contributed by atoms with Crippen LogP contribution in [-0.4, -0.2) is 36.9 Å². The average molecular weight is 429 g/mol. The molecule has 2 aromatic rings. The molecule has 1 aliphatic heterocycles. The maximum atomic E-state index is 12.8. The number of alkyl halides is 5. The number of carboxylic acids is 1. The van der Waals surface area contributed by atoms with E-state index in [1.165, 1.54) is 24.3 Å². The number of nitrogens with zero attached hydrogens (tertiary/aromatic N) is 1. The molecule has 0 amide bonds. The summed E-state index contributed by atoms with van der Waals surface area (Å²) in [5, 5.41) is 9.06. The number of benzene rings is 2. The molecule has 30 heavy (non-hydrogen) atoms. The summed E-state index contributed by atoms with van der Waals surface area (Å²) >= 11 is 0. The van der Waals surface area contributed by atoms with E-state index in [0.717, 1.165) is 17.7 Å². The van der Waals surface area contributed by atoms with Crippen molar-refractivity contribution in [3.8, 4) is 0 Å². The van der Waals surface area contributed by atoms with Gasteiger partial charge in [-0.05, 0) is 54.8 Å². The number of carbonyl (C=O) groups is 1. The highest BCUT2D eigenvalue weighted by molar-refractivity contribution is 5.88. The summed E-state index contributed by atoms with van der Waals surface area (Å²) in [5.74, 6) is -1.19. The Balaban J connectivity index is 1.82. The fourth-order valence-corrected chi connectivity index (χ4v) is 3.71. The van der Waals surface area contributed by atoms with Crippen molar-refractivity contribution < 1.29 is 36.6 Å². The Morgan fingerprint density at radius 1 is 1.07 bits per heavy atom. The minimum atomic E-state index is -4.42. The van der Waals surface area contributed by atoms with Gasteiger partial charge in [0, 0.05) is 18.2 Å². The molecule has 1 saturated heterocycles. The summed E-state index contributed by atoms with van der Waals surface area (Å²) in [7, 11) is 0. The van der Waals surface area contributed by atoms with Crippen molar-refractivity contribution in [2.45, 2.75) is 37.6 Å². The summed E-state index contributed by atoms with van der Waals surface area (Å²) in [6, 6.07) is 10.6. The molecule has 1 heterocycles. The lowest BCUT2D eigenvalue weighted by molar-refractivity contribution is -0.137. The van der Waals surface area contributed by atoms with Gasteiger partial charge in [0.1, 0.15) is 0 Å². The van der Waals surface area contributed by atoms with E-state index in [1.54, 1.807) is 12.1 Å². The van der Waals surface area contributed by atoms with E-state index in [0.29, 0.717) is 25.1 Å². The Morgan fingerprint density at radius 2 is 1.70 bits per heavy atom. The monoisotopic (exact) mass is 429 g/mol. The largest absolute Gasteiger partial charge is 0.478 e. The molecule has 0 saturated carbocycles. The molecule has 4 nitrogen and oxygen atoms in total. The zero-order valence-electron chi connectivity index (χ0n) is 15.8. The molecule has 1 aliphatic rings. The number of ether oxygens (including phenoxy) is 1. The third-order valence-corrected chi connectivity index (χ3v) is 5.28. The van der Waals surface area contributed by atoms with Crippen LogP contribution < -0.4 is 4.90 Å². The number of piperidine rings is 1. The maximum absolute atomic E-state index is 12.8. The van der Waals surface area contributed by atoms with E-state index in [-0.39, 0.29) is 24.1 Å². The summed E-state index contributed by atoms with van der Waals surface area (Å²) in [6.45, 7) is -2.73. The number of carboxylic acid groups (broad SMARTS) is 1. The first-order valence-corrected chi connectivity index (χ1v) is 9.32. The van der Waals surface area contributed by atoms with E-state index >= 15 is 0 Å². The van der Waals surface area contributed by atoms with Crippen molar-refractivity contribution in [2.75, 3.05) is 18.1 Å². The van der Waals surface area contributed by atoms with Gasteiger partial charge in [-0.15, -0.1) is 0 Å². The van der Waals surface area contributed by atoms with E-state index in [4.69, 9.17) is 5.11 Å². The minimum Gasteiger partial charge on any atom is -0.478 e. The average Bonchev–Trinajstić information content (AvgIpc) is 2.71. The predicted octanol–water partition coefficient (Wildman–Crippen LogP) is 5.40. The number of hydrogen-bond donors (Lipinski definition) is 1. The van der Waals surface area contributed by atoms with E-state index in [1.807, 2.05) is 4.90 Å². The lowest BCUT2D eigenvalue weighted by atomic mass is 9.86. The first-order valence-electron chi connectivity index (χ1n) is 9.32. The second-order valence-corrected chi connectivity index (χ2v) is 7.15. The van der Waals surface area contributed by atoms with Crippen LogP contribution in [0.2, 0.25) is 0 Å². The van der Waals surface area contributed by atoms with Crippen molar-refractivity contribution in [1.82, 2.24) is 0 Å². The Hall–Kier alpha value is -2.68. The maximum Gasteiger partial charge on any atom is 0.416 e. The number of hydrogen-bond acceptors (Lipinski definition) is 3. The Morgan fingerprint density at radius 3 is 2.23 bits per heavy atom. The molecule has 1 N–H and O–H groups in total. The molecular weight excluding hydrogens is 409 g/mol. The van der Waals surface area contributed by atoms with Crippen molar-refractivity contribution in [1.29, 1.82) is 0 Å². The molecule has 0 aromatic heterocycles. The van der Waals surface area contributed by atoms with Crippen molar-refractivity contribution in [3.63, 3.8) is 0 Å². The topological polar surface area (TPSA) is 49.8 Å². The molecule has 0 unspecified atom stereocenters. The van der Waals surface area contributed by atoms with Crippen LogP contribution in [-0.2, 0) is 10.9 Å². The lowest BCUT2D eigenvalue weighted by Crippen LogP contribution is -2.45. The number of halogens is 5. The first kappa shape index (κ1) is 22.0. The van der Waals surface area contributed by atoms with E-state index in [9.17, 15) is 26.7 Å². The fourth-order valence-electron chi connectivity index (χ4n) is 3.71. The van der Waals surface area contributed by atoms with E-state index < -0.39 is 24.3 Å². The standard InChI is InChI=1S/C21H20F5NO3/c22-20(23)30-12-18-10-5-15(13-1-6-16(7-2-13)21(24,25)26)11-27(18)17-8-3-14(4-9-17)19(28)29/h1-4,6-9,15,18,20H,5,10-12H2,(H,28,29)/t15-,18+/m1/s1. The Bertz CT molecular complexity index is 852. The van der Waals surface area contributed by atoms with Crippen LogP contribution in [0, 0.1) is 0 Å². The van der Waals surface area contributed by atoms with Gasteiger partial charge >= 0.3 is 18.8 Å². The quantitative estimate of drug-likeness (QED) is 0.625. The highest BCUT2D eigenvalue weighted by atomic mass is 19.4. The molecule has 9 heteroatoms. The molecule has 1 fully saturated rings. The van der Waals surface area contributed by atoms with Crippen molar-refractivity contribution in [2.24, 2.45) is 0 Å². The second-order valence-electron chi connectivity index (χ2n) is 7.15. The molecule has 2 aromatic carbocycles. The summed E-state index contributed by atoms with van der Waals surface area (Å²) in [5.41, 5.74) is 0.727. The van der Waals surface area contributed by atoms with Gasteiger partial charge in [0.25, 0.3) is 0 Å². The smallest absolute Gasteiger partial charge is 0.416 e. The predicted molar refractivity (Wildman–Crippen MR) is 99.9 cm³/mol. The molecular formula is C21H20F5NO3. The van der Waals surface area contributed by atoms with Crippen LogP contribution in [0.5, 0.6) is 0 Å². The first-order chi connectivity index (χ1) is 14.1. The highest BCUT2D eigenvalue weighted by Gasteiger charge is 2.32. The molecule has 3 rings (SSSR count). The fraction of sp³-hybridized carbons (Fsp3) is 0.381. The van der Waals surface area contributed by atoms with Gasteiger partial charge in [-0.2, -0.15) is 22.0 Å². The van der Waals surface area contributed by atoms with E-state index in [2.05, 4.69) is 4.74 Å². The Labute approximate surface area is 169 Å². The highest BCUT2D eigenvalue weighted by Crippen LogP contribution is 2.36. The van der Waals surface area contributed by atoms with Gasteiger partial charge in [-0.1, -0.05) is 12.1 Å². The van der Waals surface area contributed by atoms with Crippen LogP contribution in [0.4, 0.5) is 27.6 Å². The number of aromatic carboxylic acids is 1. The molecule has 0 spiro atoms. The number of anilines is 1. The van der Waals surface area contributed by atoms with Gasteiger partial charge in [0.2, 0.25) is 0 Å². The third-order valence-electron chi connectivity index (χ3n) is 5.28. The van der Waals surface area contributed by atoms with Gasteiger partial charge in [0.05, 0.1) is 23.8 Å². The van der Waals surface area contributed by atoms with Gasteiger partial charge in [-0.3, -0.25) is 0 Å². The molecule has 0 radical (unpaired) electrons. The number of rotatable bonds is 6. The molecule has 0 bridgehead atoms. The zero-order valence-corrected chi connectivity index (χ0v) is 15.8. The van der Waals surface area contributed by atoms with Crippen LogP contribution in [0.25, 0.3) is 0 Å². The third kappa shape index (κ3) is 5.27. The van der Waals surface area contributed by atoms with Gasteiger partial charge < -0.3 is 14.7 Å². The second kappa shape index (κ2) is 8.99. The normalized spacial score (nSPS) is 19.9. The van der Waals surface area contributed by atoms with Crippen molar-refractivity contribution >= 4 is 11.7 Å². The Kier molecular flexibility index (Phi) is 6.60. The molecule has 162 valence electrons. The molecule has 2 atom stereocenters. The van der Waals surface area contributed by atoms with Crippen LogP contribution in [0.3, 0.4) is 0 Å². The van der Waals surface area contributed by atoms with Gasteiger partial charge in [-0.25, -0.2) is 4.79 Å². The van der Waals surface area contributed by atoms with Crippen LogP contribution in [0.15, 0.2) is 48.5 Å². The molecule has 0 aliphatic carbocycles. The minimum absolute atomic E-state index is 0.0930. The summed E-state index contributed by atoms with van der Waals surface area (Å²) in [6.07, 6.45) is -3.31. The SMILES string of the molecule is O=C(O)c1ccc(N2C[C@H](c3ccc(C(F)(F)F)cc3)CC[C@H]2COC(F)F)cc1. The summed E-state index contributed by atoms with van der Waals surface area (Å²) in [4.78, 5) is 12.9. The van der Waals surface area contributed by atoms with Crippen LogP contribution >= 0.6 is 0 Å². The lowest BCUT2D eigenvalue weighted by Gasteiger charge is -2.41. The zero-order chi connectivity index (χ0) is 21.9. The summed E-state index contributed by atoms with van der Waals surface area (Å²) < 4.78 is 68.0.